The highest BCUT2D eigenvalue weighted by Crippen LogP contribution is 2.25. The number of hydrogen-bond acceptors (Lipinski definition) is 6. The first-order valence-corrected chi connectivity index (χ1v) is 6.75. The molecule has 6 nitrogen and oxygen atoms in total. The van der Waals surface area contributed by atoms with Crippen molar-refractivity contribution in [3.63, 3.8) is 0 Å². The minimum atomic E-state index is -0.0590. The number of aromatic nitrogens is 2. The van der Waals surface area contributed by atoms with Crippen molar-refractivity contribution in [2.45, 2.75) is 32.7 Å². The zero-order valence-corrected chi connectivity index (χ0v) is 11.6. The zero-order valence-electron chi connectivity index (χ0n) is 11.6. The van der Waals surface area contributed by atoms with E-state index in [1.54, 1.807) is 0 Å². The molecule has 0 saturated carbocycles. The van der Waals surface area contributed by atoms with Gasteiger partial charge in [-0.1, -0.05) is 6.92 Å². The van der Waals surface area contributed by atoms with Crippen LogP contribution in [0.4, 0.5) is 11.6 Å². The Labute approximate surface area is 113 Å². The van der Waals surface area contributed by atoms with E-state index in [2.05, 4.69) is 21.8 Å². The molecule has 2 heterocycles. The van der Waals surface area contributed by atoms with Gasteiger partial charge in [0.15, 0.2) is 0 Å². The maximum Gasteiger partial charge on any atom is 0.137 e. The van der Waals surface area contributed by atoms with Crippen LogP contribution in [-0.4, -0.2) is 47.5 Å². The number of nitrogens with zero attached hydrogens (tertiary/aromatic N) is 3. The topological polar surface area (TPSA) is 84.5 Å². The number of hydrogen-bond donors (Lipinski definition) is 2. The fraction of sp³-hybridized carbons (Fsp3) is 0.692. The monoisotopic (exact) mass is 266 g/mol. The van der Waals surface area contributed by atoms with Crippen molar-refractivity contribution in [2.75, 3.05) is 37.0 Å². The van der Waals surface area contributed by atoms with Crippen molar-refractivity contribution in [1.82, 2.24) is 9.97 Å². The smallest absolute Gasteiger partial charge is 0.137 e. The third-order valence-corrected chi connectivity index (χ3v) is 3.39. The van der Waals surface area contributed by atoms with E-state index < -0.39 is 0 Å². The maximum atomic E-state index is 9.46. The van der Waals surface area contributed by atoms with Crippen LogP contribution in [0.3, 0.4) is 0 Å². The summed E-state index contributed by atoms with van der Waals surface area (Å²) in [5, 5.41) is 9.46. The number of morpholine rings is 1. The summed E-state index contributed by atoms with van der Waals surface area (Å²) >= 11 is 0. The van der Waals surface area contributed by atoms with Gasteiger partial charge in [0.2, 0.25) is 0 Å². The Morgan fingerprint density at radius 2 is 2.26 bits per heavy atom. The summed E-state index contributed by atoms with van der Waals surface area (Å²) in [5.74, 6) is 2.12. The normalized spacial score (nSPS) is 19.7. The number of ether oxygens (including phenoxy) is 1. The minimum absolute atomic E-state index is 0.0481. The Hall–Kier alpha value is -1.40. The molecule has 106 valence electrons. The number of anilines is 2. The Morgan fingerprint density at radius 1 is 1.47 bits per heavy atom. The van der Waals surface area contributed by atoms with Crippen molar-refractivity contribution < 1.29 is 9.84 Å². The van der Waals surface area contributed by atoms with Gasteiger partial charge >= 0.3 is 0 Å². The van der Waals surface area contributed by atoms with E-state index in [1.165, 1.54) is 0 Å². The molecule has 0 amide bonds. The average molecular weight is 266 g/mol. The lowest BCUT2D eigenvalue weighted by atomic mass is 10.2. The van der Waals surface area contributed by atoms with Gasteiger partial charge in [-0.3, -0.25) is 0 Å². The molecule has 1 atom stereocenters. The lowest BCUT2D eigenvalue weighted by Gasteiger charge is -2.36. The van der Waals surface area contributed by atoms with Gasteiger partial charge in [-0.15, -0.1) is 0 Å². The fourth-order valence-electron chi connectivity index (χ4n) is 2.27. The molecule has 0 radical (unpaired) electrons. The molecular weight excluding hydrogens is 244 g/mol. The Balaban J connectivity index is 2.35. The van der Waals surface area contributed by atoms with Crippen molar-refractivity contribution in [2.24, 2.45) is 0 Å². The molecule has 0 spiro atoms. The standard InChI is InChI=1S/C13H22N4O2/c1-3-4-11-15-12(14)9(2)13(16-11)17-5-6-19-8-10(17)7-18/h10,18H,3-8H2,1-2H3,(H2,14,15,16). The first-order valence-electron chi connectivity index (χ1n) is 6.75. The number of aliphatic hydroxyl groups excluding tert-OH is 1. The number of aliphatic hydroxyl groups is 1. The van der Waals surface area contributed by atoms with Gasteiger partial charge in [-0.2, -0.15) is 0 Å². The molecule has 1 fully saturated rings. The lowest BCUT2D eigenvalue weighted by Crippen LogP contribution is -2.48. The molecule has 0 bridgehead atoms. The van der Waals surface area contributed by atoms with E-state index in [9.17, 15) is 5.11 Å². The van der Waals surface area contributed by atoms with Gasteiger partial charge in [0.1, 0.15) is 17.5 Å². The van der Waals surface area contributed by atoms with Gasteiger partial charge < -0.3 is 20.5 Å². The van der Waals surface area contributed by atoms with E-state index in [0.717, 1.165) is 30.0 Å². The Morgan fingerprint density at radius 3 is 2.95 bits per heavy atom. The van der Waals surface area contributed by atoms with Crippen LogP contribution < -0.4 is 10.6 Å². The van der Waals surface area contributed by atoms with Crippen LogP contribution in [0.2, 0.25) is 0 Å². The molecule has 0 aliphatic carbocycles. The molecule has 1 aliphatic rings. The summed E-state index contributed by atoms with van der Waals surface area (Å²) in [6.07, 6.45) is 1.79. The summed E-state index contributed by atoms with van der Waals surface area (Å²) in [6, 6.07) is -0.0590. The van der Waals surface area contributed by atoms with Crippen LogP contribution in [0.1, 0.15) is 24.7 Å². The summed E-state index contributed by atoms with van der Waals surface area (Å²) in [5.41, 5.74) is 6.85. The fourth-order valence-corrected chi connectivity index (χ4v) is 2.27. The van der Waals surface area contributed by atoms with Crippen molar-refractivity contribution in [3.8, 4) is 0 Å². The summed E-state index contributed by atoms with van der Waals surface area (Å²) in [6.45, 7) is 5.93. The third kappa shape index (κ3) is 2.96. The summed E-state index contributed by atoms with van der Waals surface area (Å²) < 4.78 is 5.40. The molecule has 3 N–H and O–H groups in total. The highest BCUT2D eigenvalue weighted by molar-refractivity contribution is 5.57. The number of nitrogen functional groups attached to an aromatic ring is 1. The zero-order chi connectivity index (χ0) is 13.8. The number of rotatable bonds is 4. The molecule has 6 heteroatoms. The first kappa shape index (κ1) is 14.0. The average Bonchev–Trinajstić information content (AvgIpc) is 2.43. The minimum Gasteiger partial charge on any atom is -0.394 e. The number of nitrogens with two attached hydrogens (primary N) is 1. The Kier molecular flexibility index (Phi) is 4.55. The quantitative estimate of drug-likeness (QED) is 0.826. The van der Waals surface area contributed by atoms with Crippen LogP contribution in [0.25, 0.3) is 0 Å². The first-order chi connectivity index (χ1) is 9.17. The van der Waals surface area contributed by atoms with Gasteiger partial charge in [0, 0.05) is 18.5 Å². The van der Waals surface area contributed by atoms with Crippen molar-refractivity contribution in [3.05, 3.63) is 11.4 Å². The Bertz CT molecular complexity index is 439. The second kappa shape index (κ2) is 6.16. The molecule has 1 aliphatic heterocycles. The van der Waals surface area contributed by atoms with E-state index in [4.69, 9.17) is 10.5 Å². The number of aryl methyl sites for hydroxylation is 1. The van der Waals surface area contributed by atoms with Crippen LogP contribution in [-0.2, 0) is 11.2 Å². The molecule has 2 rings (SSSR count). The summed E-state index contributed by atoms with van der Waals surface area (Å²) in [4.78, 5) is 11.0. The predicted octanol–water partition coefficient (Wildman–Crippen LogP) is 0.517. The molecular formula is C13H22N4O2. The second-order valence-corrected chi connectivity index (χ2v) is 4.83. The largest absolute Gasteiger partial charge is 0.394 e. The van der Waals surface area contributed by atoms with Crippen molar-refractivity contribution in [1.29, 1.82) is 0 Å². The van der Waals surface area contributed by atoms with E-state index >= 15 is 0 Å². The van der Waals surface area contributed by atoms with Crippen LogP contribution in [0.15, 0.2) is 0 Å². The molecule has 19 heavy (non-hydrogen) atoms. The molecule has 1 aromatic rings. The summed E-state index contributed by atoms with van der Waals surface area (Å²) in [7, 11) is 0. The molecule has 1 aromatic heterocycles. The van der Waals surface area contributed by atoms with Crippen molar-refractivity contribution >= 4 is 11.6 Å². The van der Waals surface area contributed by atoms with E-state index in [0.29, 0.717) is 25.6 Å². The second-order valence-electron chi connectivity index (χ2n) is 4.83. The van der Waals surface area contributed by atoms with Crippen LogP contribution in [0.5, 0.6) is 0 Å². The van der Waals surface area contributed by atoms with Gasteiger partial charge in [0.25, 0.3) is 0 Å². The SMILES string of the molecule is CCCc1nc(N)c(C)c(N2CCOCC2CO)n1. The van der Waals surface area contributed by atoms with Gasteiger partial charge in [0.05, 0.1) is 25.9 Å². The lowest BCUT2D eigenvalue weighted by molar-refractivity contribution is 0.0722. The van der Waals surface area contributed by atoms with E-state index in [1.807, 2.05) is 6.92 Å². The van der Waals surface area contributed by atoms with Gasteiger partial charge in [-0.05, 0) is 13.3 Å². The molecule has 1 saturated heterocycles. The van der Waals surface area contributed by atoms with Gasteiger partial charge in [-0.25, -0.2) is 9.97 Å². The maximum absolute atomic E-state index is 9.46. The molecule has 1 unspecified atom stereocenters. The predicted molar refractivity (Wildman–Crippen MR) is 74.2 cm³/mol. The van der Waals surface area contributed by atoms with E-state index in [-0.39, 0.29) is 12.6 Å². The highest BCUT2D eigenvalue weighted by atomic mass is 16.5. The highest BCUT2D eigenvalue weighted by Gasteiger charge is 2.26. The molecule has 0 aromatic carbocycles. The van der Waals surface area contributed by atoms with Crippen LogP contribution in [0, 0.1) is 6.92 Å². The van der Waals surface area contributed by atoms with Crippen LogP contribution >= 0.6 is 0 Å². The third-order valence-electron chi connectivity index (χ3n) is 3.39.